The summed E-state index contributed by atoms with van der Waals surface area (Å²) < 4.78 is 1.32. The van der Waals surface area contributed by atoms with Crippen molar-refractivity contribution in [2.45, 2.75) is 37.8 Å². The fourth-order valence-corrected chi connectivity index (χ4v) is 2.09. The molecule has 0 unspecified atom stereocenters. The Morgan fingerprint density at radius 1 is 1.56 bits per heavy atom. The fraction of sp³-hybridized carbons (Fsp3) is 0.600. The van der Waals surface area contributed by atoms with Crippen LogP contribution in [0.1, 0.15) is 26.5 Å². The number of nitriles is 1. The summed E-state index contributed by atoms with van der Waals surface area (Å²) in [4.78, 5) is 0. The van der Waals surface area contributed by atoms with E-state index in [4.69, 9.17) is 16.9 Å². The van der Waals surface area contributed by atoms with E-state index in [1.54, 1.807) is 11.8 Å². The average molecular weight is 260 g/mol. The third-order valence-electron chi connectivity index (χ3n) is 1.80. The van der Waals surface area contributed by atoms with E-state index in [2.05, 4.69) is 25.9 Å². The SMILES string of the molecule is CC(C)(C)SCc1nn(CC#N)c(O)c1Cl. The predicted molar refractivity (Wildman–Crippen MR) is 65.6 cm³/mol. The molecule has 88 valence electrons. The van der Waals surface area contributed by atoms with E-state index in [1.165, 1.54) is 4.68 Å². The molecular formula is C10H14ClN3OS. The van der Waals surface area contributed by atoms with Gasteiger partial charge in [-0.15, -0.1) is 11.8 Å². The molecule has 0 bridgehead atoms. The molecule has 0 fully saturated rings. The number of aromatic hydroxyl groups is 1. The minimum Gasteiger partial charge on any atom is -0.492 e. The summed E-state index contributed by atoms with van der Waals surface area (Å²) in [5.41, 5.74) is 0.620. The van der Waals surface area contributed by atoms with Crippen molar-refractivity contribution in [3.8, 4) is 11.9 Å². The molecule has 1 rings (SSSR count). The average Bonchev–Trinajstić information content (AvgIpc) is 2.43. The van der Waals surface area contributed by atoms with E-state index in [9.17, 15) is 5.11 Å². The van der Waals surface area contributed by atoms with Gasteiger partial charge in [-0.2, -0.15) is 10.4 Å². The maximum atomic E-state index is 9.59. The van der Waals surface area contributed by atoms with E-state index in [-0.39, 0.29) is 22.2 Å². The number of hydrogen-bond donors (Lipinski definition) is 1. The summed E-state index contributed by atoms with van der Waals surface area (Å²) in [6, 6.07) is 1.91. The van der Waals surface area contributed by atoms with Crippen LogP contribution in [0.4, 0.5) is 0 Å². The Kier molecular flexibility index (Phi) is 4.11. The molecule has 1 aromatic heterocycles. The minimum atomic E-state index is -0.132. The predicted octanol–water partition coefficient (Wildman–Crippen LogP) is 2.80. The maximum Gasteiger partial charge on any atom is 0.229 e. The first kappa shape index (κ1) is 13.2. The van der Waals surface area contributed by atoms with Gasteiger partial charge in [0.2, 0.25) is 5.88 Å². The van der Waals surface area contributed by atoms with Crippen molar-refractivity contribution in [2.75, 3.05) is 0 Å². The van der Waals surface area contributed by atoms with Gasteiger partial charge in [0.05, 0.1) is 11.8 Å². The van der Waals surface area contributed by atoms with Crippen molar-refractivity contribution in [2.24, 2.45) is 0 Å². The third-order valence-corrected chi connectivity index (χ3v) is 3.47. The molecule has 16 heavy (non-hydrogen) atoms. The molecule has 1 heterocycles. The summed E-state index contributed by atoms with van der Waals surface area (Å²) in [7, 11) is 0. The van der Waals surface area contributed by atoms with Gasteiger partial charge in [-0.3, -0.25) is 0 Å². The maximum absolute atomic E-state index is 9.59. The van der Waals surface area contributed by atoms with Crippen LogP contribution in [0.15, 0.2) is 0 Å². The first-order valence-corrected chi connectivity index (χ1v) is 6.16. The molecule has 0 saturated carbocycles. The molecule has 6 heteroatoms. The highest BCUT2D eigenvalue weighted by Crippen LogP contribution is 2.33. The second kappa shape index (κ2) is 4.98. The highest BCUT2D eigenvalue weighted by molar-refractivity contribution is 7.99. The smallest absolute Gasteiger partial charge is 0.229 e. The Balaban J connectivity index is 2.82. The Bertz CT molecular complexity index is 417. The summed E-state index contributed by atoms with van der Waals surface area (Å²) in [5, 5.41) is 22.5. The van der Waals surface area contributed by atoms with Gasteiger partial charge < -0.3 is 5.11 Å². The van der Waals surface area contributed by atoms with Gasteiger partial charge in [0.1, 0.15) is 11.6 Å². The second-order valence-corrected chi connectivity index (χ2v) is 6.48. The molecule has 0 spiro atoms. The van der Waals surface area contributed by atoms with E-state index >= 15 is 0 Å². The molecule has 4 nitrogen and oxygen atoms in total. The van der Waals surface area contributed by atoms with Gasteiger partial charge in [0.15, 0.2) is 0 Å². The molecule has 0 aliphatic heterocycles. The number of aromatic nitrogens is 2. The Morgan fingerprint density at radius 2 is 2.19 bits per heavy atom. The van der Waals surface area contributed by atoms with Gasteiger partial charge in [-0.05, 0) is 0 Å². The van der Waals surface area contributed by atoms with Crippen molar-refractivity contribution < 1.29 is 5.11 Å². The van der Waals surface area contributed by atoms with E-state index in [0.29, 0.717) is 11.4 Å². The van der Waals surface area contributed by atoms with Crippen LogP contribution in [0, 0.1) is 11.3 Å². The lowest BCUT2D eigenvalue weighted by Gasteiger charge is -2.16. The zero-order valence-corrected chi connectivity index (χ0v) is 11.1. The van der Waals surface area contributed by atoms with Crippen molar-refractivity contribution in [1.82, 2.24) is 9.78 Å². The van der Waals surface area contributed by atoms with E-state index in [1.807, 2.05) is 6.07 Å². The molecule has 0 atom stereocenters. The molecule has 0 aromatic carbocycles. The van der Waals surface area contributed by atoms with Gasteiger partial charge in [-0.1, -0.05) is 32.4 Å². The molecule has 1 aromatic rings. The van der Waals surface area contributed by atoms with Crippen LogP contribution in [-0.2, 0) is 12.3 Å². The first-order chi connectivity index (χ1) is 7.35. The topological polar surface area (TPSA) is 61.8 Å². The second-order valence-electron chi connectivity index (χ2n) is 4.30. The zero-order valence-electron chi connectivity index (χ0n) is 9.49. The molecule has 0 aliphatic rings. The summed E-state index contributed by atoms with van der Waals surface area (Å²) in [5.74, 6) is 0.488. The van der Waals surface area contributed by atoms with Gasteiger partial charge in [0, 0.05) is 10.5 Å². The molecule has 0 aliphatic carbocycles. The van der Waals surface area contributed by atoms with Gasteiger partial charge in [0.25, 0.3) is 0 Å². The van der Waals surface area contributed by atoms with Crippen LogP contribution in [0.3, 0.4) is 0 Å². The highest BCUT2D eigenvalue weighted by Gasteiger charge is 2.18. The number of nitrogens with zero attached hydrogens (tertiary/aromatic N) is 3. The van der Waals surface area contributed by atoms with E-state index < -0.39 is 0 Å². The van der Waals surface area contributed by atoms with Crippen molar-refractivity contribution in [1.29, 1.82) is 5.26 Å². The van der Waals surface area contributed by atoms with E-state index in [0.717, 1.165) is 0 Å². The summed E-state index contributed by atoms with van der Waals surface area (Å²) in [6.45, 7) is 6.29. The van der Waals surface area contributed by atoms with Crippen molar-refractivity contribution in [3.63, 3.8) is 0 Å². The van der Waals surface area contributed by atoms with Crippen LogP contribution in [0.2, 0.25) is 5.02 Å². The number of halogens is 1. The molecular weight excluding hydrogens is 246 g/mol. The van der Waals surface area contributed by atoms with Crippen molar-refractivity contribution in [3.05, 3.63) is 10.7 Å². The lowest BCUT2D eigenvalue weighted by Crippen LogP contribution is -2.08. The normalized spacial score (nSPS) is 11.4. The van der Waals surface area contributed by atoms with Crippen LogP contribution >= 0.6 is 23.4 Å². The van der Waals surface area contributed by atoms with Crippen LogP contribution < -0.4 is 0 Å². The Hall–Kier alpha value is -0.860. The largest absolute Gasteiger partial charge is 0.492 e. The zero-order chi connectivity index (χ0) is 12.3. The molecule has 0 saturated heterocycles. The fourth-order valence-electron chi connectivity index (χ4n) is 1.03. The van der Waals surface area contributed by atoms with Crippen LogP contribution in [0.25, 0.3) is 0 Å². The lowest BCUT2D eigenvalue weighted by molar-refractivity contribution is 0.412. The number of hydrogen-bond acceptors (Lipinski definition) is 4. The minimum absolute atomic E-state index is 0.00569. The number of thioether (sulfide) groups is 1. The van der Waals surface area contributed by atoms with Crippen LogP contribution in [-0.4, -0.2) is 19.6 Å². The third kappa shape index (κ3) is 3.32. The first-order valence-electron chi connectivity index (χ1n) is 4.80. The molecule has 1 N–H and O–H groups in total. The summed E-state index contributed by atoms with van der Waals surface area (Å²) in [6.07, 6.45) is 0. The quantitative estimate of drug-likeness (QED) is 0.907. The lowest BCUT2D eigenvalue weighted by atomic mass is 10.3. The highest BCUT2D eigenvalue weighted by atomic mass is 35.5. The molecule has 0 radical (unpaired) electrons. The van der Waals surface area contributed by atoms with Gasteiger partial charge >= 0.3 is 0 Å². The van der Waals surface area contributed by atoms with Gasteiger partial charge in [-0.25, -0.2) is 4.68 Å². The Morgan fingerprint density at radius 3 is 2.69 bits per heavy atom. The van der Waals surface area contributed by atoms with Crippen LogP contribution in [0.5, 0.6) is 5.88 Å². The van der Waals surface area contributed by atoms with Crippen molar-refractivity contribution >= 4 is 23.4 Å². The summed E-state index contributed by atoms with van der Waals surface area (Å²) >= 11 is 7.61. The number of rotatable bonds is 3. The monoisotopic (exact) mass is 259 g/mol. The Labute approximate surface area is 104 Å². The molecule has 0 amide bonds. The standard InChI is InChI=1S/C10H14ClN3OS/c1-10(2,3)16-6-7-8(11)9(15)14(13-7)5-4-12/h15H,5-6H2,1-3H3.